The van der Waals surface area contributed by atoms with E-state index < -0.39 is 0 Å². The van der Waals surface area contributed by atoms with Crippen LogP contribution in [-0.2, 0) is 0 Å². The topological polar surface area (TPSA) is 36.1 Å². The molecule has 0 aliphatic rings. The lowest BCUT2D eigenvalue weighted by Crippen LogP contribution is -1.08. The molecule has 0 fully saturated rings. The lowest BCUT2D eigenvalue weighted by Gasteiger charge is -1.48. The van der Waals surface area contributed by atoms with Gasteiger partial charge in [-0.15, -0.1) is 0 Å². The van der Waals surface area contributed by atoms with Gasteiger partial charge in [0.1, 0.15) is 14.2 Å². The molecule has 0 heterocycles. The number of rotatable bonds is 0. The Morgan fingerprint density at radius 3 is 2.60 bits per heavy atom. The highest BCUT2D eigenvalue weighted by molar-refractivity contribution is 7.39. The fraction of sp³-hybridized carbons (Fsp3) is 0. The first-order valence-corrected chi connectivity index (χ1v) is 2.27. The van der Waals surface area contributed by atoms with E-state index in [0.717, 1.165) is 0 Å². The van der Waals surface area contributed by atoms with Crippen LogP contribution >= 0.6 is 17.8 Å². The first-order chi connectivity index (χ1) is 2.41. The van der Waals surface area contributed by atoms with Crippen molar-refractivity contribution >= 4 is 17.8 Å². The molecule has 5 heavy (non-hydrogen) atoms. The molecule has 1 unspecified atom stereocenters. The Labute approximate surface area is 34.3 Å². The molecule has 0 N–H and O–H groups in total. The van der Waals surface area contributed by atoms with Gasteiger partial charge in [-0.2, -0.15) is 5.26 Å². The molecular weight excluding hydrogens is 102 g/mol. The van der Waals surface area contributed by atoms with Gasteiger partial charge in [0.25, 0.3) is 0 Å². The predicted molar refractivity (Wildman–Crippen MR) is 24.7 cm³/mol. The third-order valence-corrected chi connectivity index (χ3v) is 0.654. The van der Waals surface area contributed by atoms with Crippen LogP contribution in [0.15, 0.2) is 4.52 Å². The van der Waals surface area contributed by atoms with Gasteiger partial charge in [-0.1, -0.05) is 0 Å². The van der Waals surface area contributed by atoms with E-state index in [1.165, 1.54) is 0 Å². The molecule has 0 spiro atoms. The van der Waals surface area contributed by atoms with E-state index in [0.29, 0.717) is 8.37 Å². The van der Waals surface area contributed by atoms with Crippen molar-refractivity contribution < 1.29 is 0 Å². The van der Waals surface area contributed by atoms with Crippen molar-refractivity contribution in [1.29, 1.82) is 5.26 Å². The summed E-state index contributed by atoms with van der Waals surface area (Å²) in [6.07, 6.45) is 0. The van der Waals surface area contributed by atoms with Gasteiger partial charge in [-0.05, 0) is 9.39 Å². The minimum absolute atomic E-state index is 0.474. The van der Waals surface area contributed by atoms with Crippen molar-refractivity contribution in [2.24, 2.45) is 4.52 Å². The average Bonchev–Trinajstić information content (AvgIpc) is 1.41. The summed E-state index contributed by atoms with van der Waals surface area (Å²) in [5.74, 6) is 1.80. The Kier molecular flexibility index (Phi) is 4.04. The highest BCUT2D eigenvalue weighted by Gasteiger charge is 1.48. The average molecular weight is 104 g/mol. The smallest absolute Gasteiger partial charge is 0.143 e. The molecule has 26 valence electrons. The molecule has 4 heteroatoms. The molecule has 0 radical (unpaired) electrons. The standard InChI is InChI=1S/CH2N2P2/c2-1-5-3-4/h4H2. The highest BCUT2D eigenvalue weighted by atomic mass is 31.1. The van der Waals surface area contributed by atoms with Crippen LogP contribution in [0, 0.1) is 11.1 Å². The third kappa shape index (κ3) is 4.02. The first-order valence-electron chi connectivity index (χ1n) is 0.905. The number of nitriles is 1. The largest absolute Gasteiger partial charge is 0.237 e. The summed E-state index contributed by atoms with van der Waals surface area (Å²) < 4.78 is 3.38. The zero-order chi connectivity index (χ0) is 4.12. The Bertz CT molecular complexity index is 70.2. The molecule has 0 bridgehead atoms. The van der Waals surface area contributed by atoms with Gasteiger partial charge in [0.15, 0.2) is 0 Å². The summed E-state index contributed by atoms with van der Waals surface area (Å²) in [5, 5.41) is 7.70. The molecule has 2 nitrogen and oxygen atoms in total. The summed E-state index contributed by atoms with van der Waals surface area (Å²) in [7, 11) is 2.56. The van der Waals surface area contributed by atoms with Crippen molar-refractivity contribution in [3.8, 4) is 5.81 Å². The Morgan fingerprint density at radius 2 is 2.60 bits per heavy atom. The van der Waals surface area contributed by atoms with E-state index in [1.54, 1.807) is 5.81 Å². The van der Waals surface area contributed by atoms with Crippen LogP contribution in [0.1, 0.15) is 0 Å². The molecule has 0 aliphatic carbocycles. The predicted octanol–water partition coefficient (Wildman–Crippen LogP) is 1.39. The van der Waals surface area contributed by atoms with Gasteiger partial charge in [-0.3, -0.25) is 0 Å². The summed E-state index contributed by atoms with van der Waals surface area (Å²) in [6, 6.07) is 0. The fourth-order valence-electron chi connectivity index (χ4n) is 0.0258. The maximum atomic E-state index is 7.70. The minimum Gasteiger partial charge on any atom is -0.237 e. The monoisotopic (exact) mass is 104 g/mol. The van der Waals surface area contributed by atoms with Crippen molar-refractivity contribution in [2.75, 3.05) is 0 Å². The van der Waals surface area contributed by atoms with E-state index in [-0.39, 0.29) is 0 Å². The fourth-order valence-corrected chi connectivity index (χ4v) is 0.232. The van der Waals surface area contributed by atoms with E-state index in [9.17, 15) is 0 Å². The van der Waals surface area contributed by atoms with E-state index in [1.807, 2.05) is 0 Å². The highest BCUT2D eigenvalue weighted by Crippen LogP contribution is 1.98. The maximum Gasteiger partial charge on any atom is 0.143 e. The van der Waals surface area contributed by atoms with Crippen LogP contribution in [0.4, 0.5) is 0 Å². The van der Waals surface area contributed by atoms with E-state index >= 15 is 0 Å². The molecule has 0 rings (SSSR count). The van der Waals surface area contributed by atoms with Crippen LogP contribution in [0.2, 0.25) is 0 Å². The quantitative estimate of drug-likeness (QED) is 0.427. The van der Waals surface area contributed by atoms with Gasteiger partial charge in [-0.25, -0.2) is 4.52 Å². The number of hydrogen-bond acceptors (Lipinski definition) is 2. The molecule has 0 saturated heterocycles. The Balaban J connectivity index is 3.04. The van der Waals surface area contributed by atoms with Crippen molar-refractivity contribution in [2.45, 2.75) is 0 Å². The zero-order valence-electron chi connectivity index (χ0n) is 2.42. The number of hydrogen-bond donors (Lipinski definition) is 0. The van der Waals surface area contributed by atoms with E-state index in [2.05, 4.69) is 13.9 Å². The Hall–Kier alpha value is 0.0200. The second kappa shape index (κ2) is 4.02. The van der Waals surface area contributed by atoms with Crippen LogP contribution in [0.5, 0.6) is 0 Å². The first kappa shape index (κ1) is 5.02. The minimum atomic E-state index is 0.474. The number of nitrogens with zero attached hydrogens (tertiary/aromatic N) is 2. The molecule has 0 aliphatic heterocycles. The molecule has 0 aromatic heterocycles. The van der Waals surface area contributed by atoms with Gasteiger partial charge >= 0.3 is 0 Å². The maximum absolute atomic E-state index is 7.70. The van der Waals surface area contributed by atoms with Gasteiger partial charge in [0.2, 0.25) is 0 Å². The lowest BCUT2D eigenvalue weighted by atomic mass is 11.8. The van der Waals surface area contributed by atoms with Crippen molar-refractivity contribution in [1.82, 2.24) is 0 Å². The Morgan fingerprint density at radius 1 is 2.00 bits per heavy atom. The normalized spacial score (nSPS) is 8.00. The van der Waals surface area contributed by atoms with Gasteiger partial charge in [0.05, 0.1) is 0 Å². The molecule has 0 aromatic rings. The van der Waals surface area contributed by atoms with E-state index in [4.69, 9.17) is 5.26 Å². The van der Waals surface area contributed by atoms with Crippen molar-refractivity contribution in [3.05, 3.63) is 0 Å². The second-order valence-electron chi connectivity index (χ2n) is 0.315. The molecular formula is CH2N2P2. The van der Waals surface area contributed by atoms with Crippen LogP contribution in [-0.4, -0.2) is 0 Å². The van der Waals surface area contributed by atoms with Crippen LogP contribution < -0.4 is 0 Å². The molecule has 0 saturated carbocycles. The zero-order valence-corrected chi connectivity index (χ0v) is 4.47. The van der Waals surface area contributed by atoms with Crippen molar-refractivity contribution in [3.63, 3.8) is 0 Å². The SMILES string of the molecule is N#CP=NP. The molecule has 0 aromatic carbocycles. The lowest BCUT2D eigenvalue weighted by molar-refractivity contribution is 1.57. The van der Waals surface area contributed by atoms with Crippen LogP contribution in [0.3, 0.4) is 0 Å². The van der Waals surface area contributed by atoms with Gasteiger partial charge in [0, 0.05) is 0 Å². The summed E-state index contributed by atoms with van der Waals surface area (Å²) in [4.78, 5) is 0. The third-order valence-electron chi connectivity index (χ3n) is 0.102. The van der Waals surface area contributed by atoms with Crippen LogP contribution in [0.25, 0.3) is 0 Å². The van der Waals surface area contributed by atoms with Gasteiger partial charge < -0.3 is 0 Å². The summed E-state index contributed by atoms with van der Waals surface area (Å²) in [5.41, 5.74) is 0. The molecule has 1 atom stereocenters. The summed E-state index contributed by atoms with van der Waals surface area (Å²) in [6.45, 7) is 0. The summed E-state index contributed by atoms with van der Waals surface area (Å²) >= 11 is 0. The second-order valence-corrected chi connectivity index (χ2v) is 1.64. The molecule has 0 amide bonds.